The molecule has 1 aliphatic heterocycles. The van der Waals surface area contributed by atoms with Crippen molar-refractivity contribution < 1.29 is 4.79 Å². The first-order valence-corrected chi connectivity index (χ1v) is 5.93. The second kappa shape index (κ2) is 5.54. The van der Waals surface area contributed by atoms with E-state index < -0.39 is 0 Å². The number of likely N-dealkylation sites (tertiary alicyclic amines) is 1. The first kappa shape index (κ1) is 11.0. The van der Waals surface area contributed by atoms with Gasteiger partial charge in [-0.3, -0.25) is 0 Å². The van der Waals surface area contributed by atoms with Crippen LogP contribution in [0.4, 0.5) is 4.79 Å². The van der Waals surface area contributed by atoms with Gasteiger partial charge in [-0.25, -0.2) is 4.79 Å². The molecule has 2 rings (SSSR count). The van der Waals surface area contributed by atoms with Crippen LogP contribution in [0.1, 0.15) is 24.8 Å². The van der Waals surface area contributed by atoms with E-state index in [9.17, 15) is 4.79 Å². The van der Waals surface area contributed by atoms with Crippen LogP contribution < -0.4 is 5.32 Å². The number of hydrogen-bond donors (Lipinski definition) is 1. The molecule has 0 unspecified atom stereocenters. The molecule has 3 heteroatoms. The molecule has 0 spiro atoms. The van der Waals surface area contributed by atoms with Crippen molar-refractivity contribution in [1.82, 2.24) is 10.2 Å². The minimum atomic E-state index is 0.0727. The molecule has 0 aromatic heterocycles. The smallest absolute Gasteiger partial charge is 0.317 e. The summed E-state index contributed by atoms with van der Waals surface area (Å²) in [6.07, 6.45) is 3.53. The number of rotatable bonds is 2. The Balaban J connectivity index is 1.79. The summed E-state index contributed by atoms with van der Waals surface area (Å²) >= 11 is 0. The molecule has 0 saturated carbocycles. The molecule has 0 bridgehead atoms. The topological polar surface area (TPSA) is 32.3 Å². The molecule has 1 fully saturated rings. The van der Waals surface area contributed by atoms with E-state index in [-0.39, 0.29) is 6.03 Å². The summed E-state index contributed by atoms with van der Waals surface area (Å²) in [5, 5.41) is 2.96. The first-order chi connectivity index (χ1) is 7.86. The number of nitrogens with zero attached hydrogens (tertiary/aromatic N) is 1. The number of benzene rings is 1. The van der Waals surface area contributed by atoms with Crippen LogP contribution in [0.5, 0.6) is 0 Å². The average Bonchev–Trinajstić information content (AvgIpc) is 2.38. The van der Waals surface area contributed by atoms with E-state index in [1.807, 2.05) is 35.2 Å². The van der Waals surface area contributed by atoms with Crippen LogP contribution in [0.2, 0.25) is 0 Å². The lowest BCUT2D eigenvalue weighted by Crippen LogP contribution is -2.42. The highest BCUT2D eigenvalue weighted by molar-refractivity contribution is 5.74. The highest BCUT2D eigenvalue weighted by Crippen LogP contribution is 2.08. The van der Waals surface area contributed by atoms with Gasteiger partial charge in [0.1, 0.15) is 0 Å². The SMILES string of the molecule is O=C(NCc1ccccc1)N1CCCCC1. The Kier molecular flexibility index (Phi) is 3.81. The Bertz CT molecular complexity index is 331. The Labute approximate surface area is 96.5 Å². The van der Waals surface area contributed by atoms with E-state index in [1.54, 1.807) is 0 Å². The fourth-order valence-electron chi connectivity index (χ4n) is 1.98. The normalized spacial score (nSPS) is 15.9. The van der Waals surface area contributed by atoms with Crippen molar-refractivity contribution in [3.05, 3.63) is 35.9 Å². The van der Waals surface area contributed by atoms with Gasteiger partial charge in [-0.05, 0) is 24.8 Å². The van der Waals surface area contributed by atoms with E-state index in [0.29, 0.717) is 6.54 Å². The summed E-state index contributed by atoms with van der Waals surface area (Å²) in [5.41, 5.74) is 1.15. The molecule has 1 aromatic rings. The van der Waals surface area contributed by atoms with E-state index in [0.717, 1.165) is 31.5 Å². The molecule has 1 saturated heterocycles. The van der Waals surface area contributed by atoms with Crippen molar-refractivity contribution in [1.29, 1.82) is 0 Å². The van der Waals surface area contributed by atoms with Gasteiger partial charge in [0, 0.05) is 19.6 Å². The zero-order valence-electron chi connectivity index (χ0n) is 9.48. The lowest BCUT2D eigenvalue weighted by molar-refractivity contribution is 0.186. The molecule has 1 N–H and O–H groups in total. The Hall–Kier alpha value is -1.51. The van der Waals surface area contributed by atoms with Gasteiger partial charge in [-0.2, -0.15) is 0 Å². The fraction of sp³-hybridized carbons (Fsp3) is 0.462. The highest BCUT2D eigenvalue weighted by atomic mass is 16.2. The summed E-state index contributed by atoms with van der Waals surface area (Å²) < 4.78 is 0. The number of hydrogen-bond acceptors (Lipinski definition) is 1. The van der Waals surface area contributed by atoms with E-state index in [4.69, 9.17) is 0 Å². The number of carbonyl (C=O) groups excluding carboxylic acids is 1. The van der Waals surface area contributed by atoms with Gasteiger partial charge < -0.3 is 10.2 Å². The lowest BCUT2D eigenvalue weighted by atomic mass is 10.1. The lowest BCUT2D eigenvalue weighted by Gasteiger charge is -2.26. The zero-order chi connectivity index (χ0) is 11.2. The third-order valence-electron chi connectivity index (χ3n) is 2.93. The molecule has 0 radical (unpaired) electrons. The zero-order valence-corrected chi connectivity index (χ0v) is 9.48. The maximum atomic E-state index is 11.8. The molecule has 1 aromatic carbocycles. The predicted molar refractivity (Wildman–Crippen MR) is 64.1 cm³/mol. The van der Waals surface area contributed by atoms with Gasteiger partial charge in [0.2, 0.25) is 0 Å². The van der Waals surface area contributed by atoms with Gasteiger partial charge in [-0.15, -0.1) is 0 Å². The molecule has 1 heterocycles. The van der Waals surface area contributed by atoms with Crippen molar-refractivity contribution in [2.45, 2.75) is 25.8 Å². The van der Waals surface area contributed by atoms with E-state index >= 15 is 0 Å². The number of urea groups is 1. The van der Waals surface area contributed by atoms with Crippen molar-refractivity contribution in [3.63, 3.8) is 0 Å². The molecule has 16 heavy (non-hydrogen) atoms. The average molecular weight is 218 g/mol. The van der Waals surface area contributed by atoms with Crippen LogP contribution in [0.3, 0.4) is 0 Å². The second-order valence-electron chi connectivity index (χ2n) is 4.19. The molecule has 1 aliphatic rings. The van der Waals surface area contributed by atoms with Crippen LogP contribution in [0, 0.1) is 0 Å². The molecule has 86 valence electrons. The molecule has 0 atom stereocenters. The fourth-order valence-corrected chi connectivity index (χ4v) is 1.98. The number of carbonyl (C=O) groups is 1. The summed E-state index contributed by atoms with van der Waals surface area (Å²) in [7, 11) is 0. The Morgan fingerprint density at radius 2 is 1.81 bits per heavy atom. The van der Waals surface area contributed by atoms with Crippen LogP contribution >= 0.6 is 0 Å². The minimum Gasteiger partial charge on any atom is -0.334 e. The molecular weight excluding hydrogens is 200 g/mol. The molecule has 0 aliphatic carbocycles. The Morgan fingerprint density at radius 3 is 2.50 bits per heavy atom. The van der Waals surface area contributed by atoms with Crippen LogP contribution in [0.25, 0.3) is 0 Å². The van der Waals surface area contributed by atoms with Crippen molar-refractivity contribution in [2.24, 2.45) is 0 Å². The predicted octanol–water partition coefficient (Wildman–Crippen LogP) is 2.38. The monoisotopic (exact) mass is 218 g/mol. The summed E-state index contributed by atoms with van der Waals surface area (Å²) in [5.74, 6) is 0. The molecular formula is C13H18N2O. The summed E-state index contributed by atoms with van der Waals surface area (Å²) in [4.78, 5) is 13.7. The van der Waals surface area contributed by atoms with Crippen LogP contribution in [0.15, 0.2) is 30.3 Å². The van der Waals surface area contributed by atoms with Gasteiger partial charge in [0.05, 0.1) is 0 Å². The number of piperidine rings is 1. The van der Waals surface area contributed by atoms with Gasteiger partial charge in [0.15, 0.2) is 0 Å². The van der Waals surface area contributed by atoms with E-state index in [2.05, 4.69) is 5.32 Å². The highest BCUT2D eigenvalue weighted by Gasteiger charge is 2.15. The second-order valence-corrected chi connectivity index (χ2v) is 4.19. The standard InChI is InChI=1S/C13H18N2O/c16-13(15-9-5-2-6-10-15)14-11-12-7-3-1-4-8-12/h1,3-4,7-8H,2,5-6,9-11H2,(H,14,16). The van der Waals surface area contributed by atoms with Crippen molar-refractivity contribution in [2.75, 3.05) is 13.1 Å². The Morgan fingerprint density at radius 1 is 1.12 bits per heavy atom. The van der Waals surface area contributed by atoms with Gasteiger partial charge in [0.25, 0.3) is 0 Å². The third-order valence-corrected chi connectivity index (χ3v) is 2.93. The first-order valence-electron chi connectivity index (χ1n) is 5.93. The van der Waals surface area contributed by atoms with Crippen LogP contribution in [-0.2, 0) is 6.54 Å². The quantitative estimate of drug-likeness (QED) is 0.812. The summed E-state index contributed by atoms with van der Waals surface area (Å²) in [6, 6.07) is 10.1. The van der Waals surface area contributed by atoms with Gasteiger partial charge in [-0.1, -0.05) is 30.3 Å². The summed E-state index contributed by atoms with van der Waals surface area (Å²) in [6.45, 7) is 2.43. The van der Waals surface area contributed by atoms with Crippen molar-refractivity contribution in [3.8, 4) is 0 Å². The third kappa shape index (κ3) is 2.99. The largest absolute Gasteiger partial charge is 0.334 e. The van der Waals surface area contributed by atoms with Crippen molar-refractivity contribution >= 4 is 6.03 Å². The maximum absolute atomic E-state index is 11.8. The van der Waals surface area contributed by atoms with Crippen LogP contribution in [-0.4, -0.2) is 24.0 Å². The number of nitrogens with one attached hydrogen (secondary N) is 1. The van der Waals surface area contributed by atoms with E-state index in [1.165, 1.54) is 6.42 Å². The maximum Gasteiger partial charge on any atom is 0.317 e. The number of amides is 2. The molecule has 2 amide bonds. The molecule has 3 nitrogen and oxygen atoms in total. The van der Waals surface area contributed by atoms with Gasteiger partial charge >= 0.3 is 6.03 Å². The minimum absolute atomic E-state index is 0.0727.